The van der Waals surface area contributed by atoms with Gasteiger partial charge in [0.1, 0.15) is 5.60 Å². The summed E-state index contributed by atoms with van der Waals surface area (Å²) in [5, 5.41) is 4.57. The predicted octanol–water partition coefficient (Wildman–Crippen LogP) is 4.00. The van der Waals surface area contributed by atoms with E-state index in [9.17, 15) is 4.79 Å². The first-order chi connectivity index (χ1) is 12.2. The fourth-order valence-electron chi connectivity index (χ4n) is 3.87. The van der Waals surface area contributed by atoms with E-state index in [1.807, 2.05) is 43.9 Å². The summed E-state index contributed by atoms with van der Waals surface area (Å²) in [5.74, 6) is 0.419. The van der Waals surface area contributed by atoms with Crippen LogP contribution in [0.3, 0.4) is 0 Å². The van der Waals surface area contributed by atoms with Crippen LogP contribution in [0.25, 0.3) is 10.9 Å². The summed E-state index contributed by atoms with van der Waals surface area (Å²) in [6.45, 7) is 6.40. The van der Waals surface area contributed by atoms with Crippen LogP contribution in [-0.2, 0) is 4.74 Å². The third kappa shape index (κ3) is 2.98. The number of amides is 1. The number of carbonyl (C=O) groups is 1. The second-order valence-corrected chi connectivity index (χ2v) is 9.03. The topological polar surface area (TPSA) is 80.5 Å². The molecule has 3 heterocycles. The predicted molar refractivity (Wildman–Crippen MR) is 106 cm³/mol. The molecule has 3 atom stereocenters. The molecule has 5 rings (SSSR count). The van der Waals surface area contributed by atoms with Crippen LogP contribution in [0.2, 0.25) is 0 Å². The zero-order valence-corrected chi connectivity index (χ0v) is 16.7. The van der Waals surface area contributed by atoms with Gasteiger partial charge in [-0.2, -0.15) is 0 Å². The number of anilines is 2. The molecule has 0 unspecified atom stereocenters. The van der Waals surface area contributed by atoms with Gasteiger partial charge in [0.15, 0.2) is 0 Å². The number of pyridine rings is 1. The zero-order valence-electron chi connectivity index (χ0n) is 15.1. The number of rotatable bonds is 2. The molecule has 2 aliphatic heterocycles. The zero-order chi connectivity index (χ0) is 18.6. The number of fused-ring (bicyclic) bond motifs is 2. The van der Waals surface area contributed by atoms with Crippen LogP contribution in [0.15, 0.2) is 28.9 Å². The van der Waals surface area contributed by atoms with E-state index in [4.69, 9.17) is 10.5 Å². The van der Waals surface area contributed by atoms with E-state index in [0.29, 0.717) is 11.6 Å². The highest BCUT2D eigenvalue weighted by Gasteiger charge is 2.54. The number of nitrogens with two attached hydrogens (primary N) is 1. The minimum Gasteiger partial charge on any atom is -0.444 e. The average Bonchev–Trinajstić information content (AvgIpc) is 3.12. The third-order valence-electron chi connectivity index (χ3n) is 5.10. The maximum absolute atomic E-state index is 12.5. The molecule has 2 bridgehead atoms. The molecule has 1 aromatic heterocycles. The molecular formula is C19H23BrN4O2. The van der Waals surface area contributed by atoms with E-state index in [-0.39, 0.29) is 18.2 Å². The van der Waals surface area contributed by atoms with Crippen molar-refractivity contribution in [2.45, 2.75) is 44.9 Å². The number of aromatic nitrogens is 1. The Balaban J connectivity index is 1.57. The van der Waals surface area contributed by atoms with Crippen molar-refractivity contribution in [3.63, 3.8) is 0 Å². The van der Waals surface area contributed by atoms with Gasteiger partial charge in [-0.1, -0.05) is 15.9 Å². The highest BCUT2D eigenvalue weighted by Crippen LogP contribution is 2.44. The van der Waals surface area contributed by atoms with Gasteiger partial charge in [-0.3, -0.25) is 4.98 Å². The molecule has 0 spiro atoms. The average molecular weight is 419 g/mol. The van der Waals surface area contributed by atoms with Gasteiger partial charge in [0.2, 0.25) is 0 Å². The van der Waals surface area contributed by atoms with Crippen molar-refractivity contribution in [1.29, 1.82) is 0 Å². The first kappa shape index (κ1) is 17.4. The van der Waals surface area contributed by atoms with Crippen LogP contribution in [0.4, 0.5) is 16.2 Å². The smallest absolute Gasteiger partial charge is 0.410 e. The van der Waals surface area contributed by atoms with Gasteiger partial charge in [0, 0.05) is 22.3 Å². The molecular weight excluding hydrogens is 396 g/mol. The van der Waals surface area contributed by atoms with Crippen molar-refractivity contribution < 1.29 is 9.53 Å². The van der Waals surface area contributed by atoms with Crippen molar-refractivity contribution in [1.82, 2.24) is 9.88 Å². The van der Waals surface area contributed by atoms with Crippen LogP contribution in [0.1, 0.15) is 27.2 Å². The lowest BCUT2D eigenvalue weighted by Crippen LogP contribution is -2.50. The number of halogens is 1. The number of nitrogens with one attached hydrogen (secondary N) is 1. The van der Waals surface area contributed by atoms with Crippen molar-refractivity contribution in [2.75, 3.05) is 17.6 Å². The molecule has 3 aliphatic rings. The van der Waals surface area contributed by atoms with Crippen molar-refractivity contribution in [3.05, 3.63) is 28.9 Å². The number of nitrogen functional groups attached to an aromatic ring is 1. The van der Waals surface area contributed by atoms with E-state index < -0.39 is 5.60 Å². The summed E-state index contributed by atoms with van der Waals surface area (Å²) < 4.78 is 6.52. The highest BCUT2D eigenvalue weighted by atomic mass is 79.9. The van der Waals surface area contributed by atoms with Crippen LogP contribution < -0.4 is 11.1 Å². The van der Waals surface area contributed by atoms with Crippen LogP contribution in [-0.4, -0.2) is 40.2 Å². The van der Waals surface area contributed by atoms with E-state index in [2.05, 4.69) is 26.2 Å². The molecule has 0 radical (unpaired) electrons. The van der Waals surface area contributed by atoms with Gasteiger partial charge < -0.3 is 20.7 Å². The lowest BCUT2D eigenvalue weighted by molar-refractivity contribution is 0.0239. The van der Waals surface area contributed by atoms with E-state index in [0.717, 1.165) is 34.0 Å². The Morgan fingerprint density at radius 3 is 2.92 bits per heavy atom. The summed E-state index contributed by atoms with van der Waals surface area (Å²) in [4.78, 5) is 18.7. The maximum atomic E-state index is 12.5. The summed E-state index contributed by atoms with van der Waals surface area (Å²) in [5.41, 5.74) is 8.12. The summed E-state index contributed by atoms with van der Waals surface area (Å²) in [7, 11) is 0. The molecule has 3 N–H and O–H groups in total. The Hall–Kier alpha value is -2.02. The molecule has 1 saturated carbocycles. The molecule has 1 aromatic carbocycles. The van der Waals surface area contributed by atoms with Crippen LogP contribution in [0.5, 0.6) is 0 Å². The fraction of sp³-hybridized carbons (Fsp3) is 0.474. The van der Waals surface area contributed by atoms with Crippen LogP contribution in [0, 0.1) is 5.92 Å². The second kappa shape index (κ2) is 6.01. The van der Waals surface area contributed by atoms with E-state index >= 15 is 0 Å². The Bertz CT molecular complexity index is 874. The highest BCUT2D eigenvalue weighted by molar-refractivity contribution is 9.10. The quantitative estimate of drug-likeness (QED) is 0.769. The molecule has 2 saturated heterocycles. The lowest BCUT2D eigenvalue weighted by atomic mass is 9.79. The Kier molecular flexibility index (Phi) is 4.02. The number of benzene rings is 1. The monoisotopic (exact) mass is 418 g/mol. The summed E-state index contributed by atoms with van der Waals surface area (Å²) >= 11 is 3.52. The van der Waals surface area contributed by atoms with Gasteiger partial charge >= 0.3 is 6.09 Å². The normalized spacial score (nSPS) is 24.5. The Labute approximate surface area is 161 Å². The number of carbonyl (C=O) groups excluding carboxylic acids is 1. The number of ether oxygens (including phenoxy) is 1. The standard InChI is InChI=1S/C19H23BrN4O2/c1-19(2,3)26-18(25)24-9-10-6-15(24)16(10)23-17-12-7-11(20)4-5-14(12)22-8-13(17)21/h4-5,7-8,10,15-16H,6,9,21H2,1-3H3,(H,22,23)/t10-,15-,16+/m0/s1. The molecule has 3 fully saturated rings. The van der Waals surface area contributed by atoms with Gasteiger partial charge in [0.25, 0.3) is 0 Å². The fourth-order valence-corrected chi connectivity index (χ4v) is 4.23. The second-order valence-electron chi connectivity index (χ2n) is 8.12. The lowest BCUT2D eigenvalue weighted by Gasteiger charge is -2.38. The van der Waals surface area contributed by atoms with Crippen molar-refractivity contribution in [2.24, 2.45) is 5.92 Å². The first-order valence-electron chi connectivity index (χ1n) is 8.83. The van der Waals surface area contributed by atoms with E-state index in [1.54, 1.807) is 6.20 Å². The van der Waals surface area contributed by atoms with Gasteiger partial charge in [-0.05, 0) is 45.4 Å². The van der Waals surface area contributed by atoms with Gasteiger partial charge in [0.05, 0.1) is 35.2 Å². The summed E-state index contributed by atoms with van der Waals surface area (Å²) in [6, 6.07) is 6.28. The SMILES string of the molecule is CC(C)(C)OC(=O)N1C[C@@H]2C[C@H]1[C@@H]2Nc1c(N)cnc2ccc(Br)cc12. The van der Waals surface area contributed by atoms with Crippen molar-refractivity contribution in [3.8, 4) is 0 Å². The minimum atomic E-state index is -0.481. The Morgan fingerprint density at radius 2 is 2.19 bits per heavy atom. The molecule has 1 aliphatic carbocycles. The summed E-state index contributed by atoms with van der Waals surface area (Å²) in [6.07, 6.45) is 2.46. The molecule has 1 amide bonds. The Morgan fingerprint density at radius 1 is 1.42 bits per heavy atom. The maximum Gasteiger partial charge on any atom is 0.410 e. The van der Waals surface area contributed by atoms with Gasteiger partial charge in [-0.25, -0.2) is 4.79 Å². The molecule has 26 heavy (non-hydrogen) atoms. The molecule has 138 valence electrons. The molecule has 6 nitrogen and oxygen atoms in total. The van der Waals surface area contributed by atoms with E-state index in [1.165, 1.54) is 0 Å². The molecule has 7 heteroatoms. The number of nitrogens with zero attached hydrogens (tertiary/aromatic N) is 2. The first-order valence-corrected chi connectivity index (χ1v) is 9.62. The number of hydrogen-bond donors (Lipinski definition) is 2. The molecule has 2 aromatic rings. The van der Waals surface area contributed by atoms with Crippen LogP contribution >= 0.6 is 15.9 Å². The third-order valence-corrected chi connectivity index (χ3v) is 5.59. The van der Waals surface area contributed by atoms with Crippen molar-refractivity contribution >= 4 is 44.3 Å². The number of hydrogen-bond acceptors (Lipinski definition) is 5. The minimum absolute atomic E-state index is 0.143. The largest absolute Gasteiger partial charge is 0.444 e. The van der Waals surface area contributed by atoms with Gasteiger partial charge in [-0.15, -0.1) is 0 Å².